The first-order chi connectivity index (χ1) is 40.3. The van der Waals surface area contributed by atoms with Gasteiger partial charge in [-0.25, -0.2) is 0 Å². The third kappa shape index (κ3) is 11.6. The Balaban J connectivity index is 0.000000143. The van der Waals surface area contributed by atoms with E-state index in [1.165, 1.54) is 91.1 Å². The second-order valence-corrected chi connectivity index (χ2v) is 43.7. The predicted molar refractivity (Wildman–Crippen MR) is 394 cm³/mol. The zero-order valence-electron chi connectivity index (χ0n) is 55.9. The SMILES string of the molecule is CC1=C(C)C([Si](C)(NC(C)(C)C)c2c(C)cc(C)cc2C)c2sc3ccccc3c21.CC1=C(C)C([Si](C)(NC(C)(C)C)c2ccccc2)c2sc3ccccc3c21.CCc1ccccc1[Si](C)(NC(C)(C)C)C1C(C)=C(C)c2c1sc1ccccc21. The molecule has 6 aromatic carbocycles. The zero-order chi connectivity index (χ0) is 62.4. The fraction of sp³-hybridized carbons (Fsp3) is 0.377. The molecule has 0 saturated heterocycles. The lowest BCUT2D eigenvalue weighted by Gasteiger charge is -2.43. The molecule has 9 aromatic rings. The Labute approximate surface area is 532 Å². The van der Waals surface area contributed by atoms with Crippen molar-refractivity contribution in [1.29, 1.82) is 0 Å². The molecule has 86 heavy (non-hydrogen) atoms. The highest BCUT2D eigenvalue weighted by atomic mass is 32.1. The lowest BCUT2D eigenvalue weighted by Crippen LogP contribution is -2.68. The Kier molecular flexibility index (Phi) is 17.6. The number of fused-ring (bicyclic) bond motifs is 9. The summed E-state index contributed by atoms with van der Waals surface area (Å²) in [6.07, 6.45) is 1.08. The fourth-order valence-electron chi connectivity index (χ4n) is 16.2. The third-order valence-electron chi connectivity index (χ3n) is 19.0. The summed E-state index contributed by atoms with van der Waals surface area (Å²) in [6, 6.07) is 51.9. The van der Waals surface area contributed by atoms with Crippen LogP contribution < -0.4 is 30.5 Å². The highest BCUT2D eigenvalue weighted by Gasteiger charge is 2.52. The van der Waals surface area contributed by atoms with Gasteiger partial charge >= 0.3 is 0 Å². The Bertz CT molecular complexity index is 4130. The molecule has 3 nitrogen and oxygen atoms in total. The summed E-state index contributed by atoms with van der Waals surface area (Å²) >= 11 is 6.04. The molecule has 12 rings (SSSR count). The number of hydrogen-bond donors (Lipinski definition) is 3. The monoisotopic (exact) mass is 1240 g/mol. The number of rotatable bonds is 10. The van der Waals surface area contributed by atoms with Gasteiger partial charge in [-0.2, -0.15) is 0 Å². The molecule has 0 fully saturated rings. The van der Waals surface area contributed by atoms with Crippen LogP contribution in [-0.4, -0.2) is 41.3 Å². The van der Waals surface area contributed by atoms with E-state index in [4.69, 9.17) is 0 Å². The van der Waals surface area contributed by atoms with Crippen LogP contribution in [0.5, 0.6) is 0 Å². The Morgan fingerprint density at radius 1 is 0.395 bits per heavy atom. The van der Waals surface area contributed by atoms with Gasteiger partial charge in [-0.15, -0.1) is 34.0 Å². The minimum Gasteiger partial charge on any atom is -0.329 e. The number of thiophene rings is 3. The van der Waals surface area contributed by atoms with Crippen molar-refractivity contribution in [3.63, 3.8) is 0 Å². The van der Waals surface area contributed by atoms with E-state index in [0.717, 1.165) is 6.42 Å². The van der Waals surface area contributed by atoms with Crippen LogP contribution >= 0.6 is 34.0 Å². The molecule has 6 atom stereocenters. The summed E-state index contributed by atoms with van der Waals surface area (Å²) in [5, 5.41) is 8.94. The van der Waals surface area contributed by atoms with Gasteiger partial charge in [-0.05, 0) is 215 Å². The van der Waals surface area contributed by atoms with E-state index in [-0.39, 0.29) is 16.6 Å². The summed E-state index contributed by atoms with van der Waals surface area (Å²) in [6.45, 7) is 51.8. The lowest BCUT2D eigenvalue weighted by molar-refractivity contribution is 0.510. The average Bonchev–Trinajstić information content (AvgIpc) is 1.57. The van der Waals surface area contributed by atoms with Gasteiger partial charge in [-0.1, -0.05) is 170 Å². The quantitative estimate of drug-likeness (QED) is 0.119. The molecule has 6 unspecified atom stereocenters. The van der Waals surface area contributed by atoms with Gasteiger partial charge in [0.15, 0.2) is 24.7 Å². The van der Waals surface area contributed by atoms with Crippen molar-refractivity contribution < 1.29 is 0 Å². The van der Waals surface area contributed by atoms with Gasteiger partial charge in [0.05, 0.1) is 0 Å². The van der Waals surface area contributed by atoms with Crippen molar-refractivity contribution in [2.75, 3.05) is 0 Å². The minimum atomic E-state index is -2.16. The van der Waals surface area contributed by atoms with Crippen molar-refractivity contribution in [3.8, 4) is 0 Å². The number of benzene rings is 6. The molecule has 0 amide bonds. The summed E-state index contributed by atoms with van der Waals surface area (Å²) in [5.41, 5.74) is 21.0. The molecule has 0 bridgehead atoms. The first-order valence-corrected chi connectivity index (χ1v) is 41.7. The number of nitrogens with one attached hydrogen (secondary N) is 3. The van der Waals surface area contributed by atoms with Gasteiger partial charge in [0.25, 0.3) is 0 Å². The first-order valence-electron chi connectivity index (χ1n) is 31.5. The average molecular weight is 1250 g/mol. The highest BCUT2D eigenvalue weighted by molar-refractivity contribution is 7.21. The predicted octanol–water partition coefficient (Wildman–Crippen LogP) is 20.1. The van der Waals surface area contributed by atoms with Crippen molar-refractivity contribution in [1.82, 2.24) is 14.9 Å². The normalized spacial score (nSPS) is 19.0. The molecule has 3 aliphatic rings. The van der Waals surface area contributed by atoms with E-state index in [9.17, 15) is 0 Å². The van der Waals surface area contributed by atoms with Crippen LogP contribution in [-0.2, 0) is 6.42 Å². The Hall–Kier alpha value is -5.05. The summed E-state index contributed by atoms with van der Waals surface area (Å²) < 4.78 is 4.26. The topological polar surface area (TPSA) is 36.1 Å². The van der Waals surface area contributed by atoms with Gasteiger partial charge in [0.2, 0.25) is 0 Å². The Morgan fingerprint density at radius 2 is 0.721 bits per heavy atom. The highest BCUT2D eigenvalue weighted by Crippen LogP contribution is 2.55. The van der Waals surface area contributed by atoms with Crippen molar-refractivity contribution in [3.05, 3.63) is 210 Å². The van der Waals surface area contributed by atoms with Crippen LogP contribution in [0.25, 0.3) is 47.0 Å². The van der Waals surface area contributed by atoms with E-state index < -0.39 is 24.7 Å². The minimum absolute atomic E-state index is 0.0539. The van der Waals surface area contributed by atoms with E-state index in [0.29, 0.717) is 16.6 Å². The fourth-order valence-corrected chi connectivity index (χ4v) is 38.6. The maximum Gasteiger partial charge on any atom is 0.168 e. The second-order valence-electron chi connectivity index (χ2n) is 29.1. The van der Waals surface area contributed by atoms with Crippen LogP contribution in [0, 0.1) is 20.8 Å². The molecule has 450 valence electrons. The molecule has 0 saturated carbocycles. The van der Waals surface area contributed by atoms with Gasteiger partial charge < -0.3 is 14.9 Å². The summed E-state index contributed by atoms with van der Waals surface area (Å²) in [4.78, 5) is 17.3. The third-order valence-corrected chi connectivity index (χ3v) is 37.8. The van der Waals surface area contributed by atoms with E-state index >= 15 is 0 Å². The smallest absolute Gasteiger partial charge is 0.168 e. The van der Waals surface area contributed by atoms with Crippen LogP contribution in [0.4, 0.5) is 0 Å². The van der Waals surface area contributed by atoms with Crippen molar-refractivity contribution in [2.45, 2.75) is 191 Å². The molecule has 3 heterocycles. The molecule has 0 spiro atoms. The van der Waals surface area contributed by atoms with Crippen LogP contribution in [0.1, 0.15) is 181 Å². The van der Waals surface area contributed by atoms with Gasteiger partial charge in [-0.3, -0.25) is 0 Å². The van der Waals surface area contributed by atoms with Crippen LogP contribution in [0.3, 0.4) is 0 Å². The standard InChI is InChI=1S/C27H35NSSi.C26H33NSSi.C24H29NSSi/c1-16-14-17(2)25(18(3)15-16)30(9,28-27(6,7)8)26-20(5)19(4)23-21-12-10-11-13-22(21)29-24(23)26;1-8-19-13-9-12-16-22(19)29(7,27-26(4,5)6)25-18(3)17(2)23-20-14-10-11-15-21(20)28-24(23)25;1-16-17(2)23(22-21(16)19-14-10-11-15-20(19)26-22)27(6,25-24(3,4)5)18-12-8-7-9-13-18/h10-15,26,28H,1-9H3;9-16,25,27H,8H2,1-7H3;7-15,23,25H,1-6H3. The van der Waals surface area contributed by atoms with Crippen molar-refractivity contribution >= 4 is 121 Å². The second kappa shape index (κ2) is 23.7. The van der Waals surface area contributed by atoms with Crippen LogP contribution in [0.2, 0.25) is 19.6 Å². The largest absolute Gasteiger partial charge is 0.329 e. The number of hydrogen-bond acceptors (Lipinski definition) is 6. The molecular weight excluding hydrogens is 1150 g/mol. The first kappa shape index (κ1) is 64.0. The van der Waals surface area contributed by atoms with E-state index in [1.807, 2.05) is 34.0 Å². The molecule has 0 aliphatic heterocycles. The Morgan fingerprint density at radius 3 is 1.12 bits per heavy atom. The number of allylic oxidation sites excluding steroid dienone is 6. The van der Waals surface area contributed by atoms with Gasteiger partial charge in [0.1, 0.15) is 0 Å². The molecular formula is C77H97N3S3Si3. The van der Waals surface area contributed by atoms with Gasteiger partial charge in [0, 0.05) is 78.1 Å². The molecule has 9 heteroatoms. The van der Waals surface area contributed by atoms with Crippen molar-refractivity contribution in [2.24, 2.45) is 0 Å². The summed E-state index contributed by atoms with van der Waals surface area (Å²) in [7, 11) is -6.31. The maximum atomic E-state index is 4.24. The van der Waals surface area contributed by atoms with E-state index in [1.54, 1.807) is 41.7 Å². The van der Waals surface area contributed by atoms with Crippen LogP contribution in [0.15, 0.2) is 156 Å². The molecule has 0 radical (unpaired) electrons. The van der Waals surface area contributed by atoms with E-state index in [2.05, 4.69) is 306 Å². The summed E-state index contributed by atoms with van der Waals surface area (Å²) in [5.74, 6) is 0. The maximum absolute atomic E-state index is 4.24. The number of aryl methyl sites for hydroxylation is 4. The molecule has 3 aliphatic carbocycles. The zero-order valence-corrected chi connectivity index (χ0v) is 61.4. The molecule has 3 aromatic heterocycles. The lowest BCUT2D eigenvalue weighted by atomic mass is 10.1. The molecule has 3 N–H and O–H groups in total.